The van der Waals surface area contributed by atoms with Gasteiger partial charge in [-0.05, 0) is 20.8 Å². The number of Topliss-reactive ketones (excluding diaryl/α,β-unsaturated/α-hetero) is 1. The van der Waals surface area contributed by atoms with E-state index in [9.17, 15) is 15.0 Å². The van der Waals surface area contributed by atoms with Gasteiger partial charge in [-0.3, -0.25) is 0 Å². The van der Waals surface area contributed by atoms with E-state index in [2.05, 4.69) is 0 Å². The SMILES string of the molecule is CC(=O)CC(CO)(C(C)O)C(C)O. The maximum Gasteiger partial charge on any atom is 0.130 e. The lowest BCUT2D eigenvalue weighted by Crippen LogP contribution is -2.47. The Hall–Kier alpha value is -0.450. The van der Waals surface area contributed by atoms with Gasteiger partial charge < -0.3 is 20.1 Å². The number of hydrogen-bond acceptors (Lipinski definition) is 4. The molecule has 0 amide bonds. The van der Waals surface area contributed by atoms with Crippen LogP contribution in [-0.2, 0) is 4.79 Å². The Morgan fingerprint density at radius 1 is 1.31 bits per heavy atom. The average Bonchev–Trinajstić information content (AvgIpc) is 1.98. The van der Waals surface area contributed by atoms with Crippen molar-refractivity contribution in [2.24, 2.45) is 5.41 Å². The smallest absolute Gasteiger partial charge is 0.130 e. The summed E-state index contributed by atoms with van der Waals surface area (Å²) >= 11 is 0. The Kier molecular flexibility index (Phi) is 4.53. The summed E-state index contributed by atoms with van der Waals surface area (Å²) in [6.45, 7) is 3.90. The predicted octanol–water partition coefficient (Wildman–Crippen LogP) is -0.294. The van der Waals surface area contributed by atoms with Crippen LogP contribution in [0.4, 0.5) is 0 Å². The lowest BCUT2D eigenvalue weighted by molar-refractivity contribution is -0.131. The van der Waals surface area contributed by atoms with E-state index in [-0.39, 0.29) is 12.2 Å². The summed E-state index contributed by atoms with van der Waals surface area (Å²) in [6, 6.07) is 0. The number of carbonyl (C=O) groups is 1. The fourth-order valence-corrected chi connectivity index (χ4v) is 1.43. The largest absolute Gasteiger partial charge is 0.396 e. The van der Waals surface area contributed by atoms with Crippen LogP contribution in [-0.4, -0.2) is 39.9 Å². The second kappa shape index (κ2) is 4.69. The molecular formula is C9H18O4. The van der Waals surface area contributed by atoms with E-state index < -0.39 is 24.2 Å². The van der Waals surface area contributed by atoms with Gasteiger partial charge in [0, 0.05) is 6.42 Å². The summed E-state index contributed by atoms with van der Waals surface area (Å²) in [6.07, 6.45) is -1.85. The number of aliphatic hydroxyl groups excluding tert-OH is 3. The first-order valence-corrected chi connectivity index (χ1v) is 4.33. The first kappa shape index (κ1) is 12.6. The highest BCUT2D eigenvalue weighted by Crippen LogP contribution is 2.30. The van der Waals surface area contributed by atoms with Gasteiger partial charge in [-0.2, -0.15) is 0 Å². The van der Waals surface area contributed by atoms with E-state index in [4.69, 9.17) is 5.11 Å². The average molecular weight is 190 g/mol. The highest BCUT2D eigenvalue weighted by molar-refractivity contribution is 5.76. The molecule has 4 heteroatoms. The molecule has 0 aromatic rings. The van der Waals surface area contributed by atoms with E-state index in [1.807, 2.05) is 0 Å². The van der Waals surface area contributed by atoms with Crippen LogP contribution < -0.4 is 0 Å². The first-order valence-electron chi connectivity index (χ1n) is 4.33. The fraction of sp³-hybridized carbons (Fsp3) is 0.889. The van der Waals surface area contributed by atoms with Gasteiger partial charge in [0.05, 0.1) is 24.2 Å². The zero-order valence-corrected chi connectivity index (χ0v) is 8.32. The minimum Gasteiger partial charge on any atom is -0.396 e. The molecule has 0 aliphatic rings. The molecule has 4 nitrogen and oxygen atoms in total. The fourth-order valence-electron chi connectivity index (χ4n) is 1.43. The van der Waals surface area contributed by atoms with Gasteiger partial charge in [0.1, 0.15) is 5.78 Å². The van der Waals surface area contributed by atoms with E-state index in [0.29, 0.717) is 0 Å². The van der Waals surface area contributed by atoms with E-state index in [0.717, 1.165) is 0 Å². The Bertz CT molecular complexity index is 166. The molecule has 0 saturated heterocycles. The summed E-state index contributed by atoms with van der Waals surface area (Å²) in [7, 11) is 0. The molecule has 0 heterocycles. The minimum absolute atomic E-state index is 0.0150. The summed E-state index contributed by atoms with van der Waals surface area (Å²) in [4.78, 5) is 10.9. The molecular weight excluding hydrogens is 172 g/mol. The number of aliphatic hydroxyl groups is 3. The van der Waals surface area contributed by atoms with Gasteiger partial charge >= 0.3 is 0 Å². The third-order valence-corrected chi connectivity index (χ3v) is 2.54. The molecule has 0 saturated carbocycles. The molecule has 78 valence electrons. The molecule has 0 spiro atoms. The van der Waals surface area contributed by atoms with Crippen LogP contribution in [0.5, 0.6) is 0 Å². The van der Waals surface area contributed by atoms with Crippen LogP contribution >= 0.6 is 0 Å². The maximum absolute atomic E-state index is 10.9. The topological polar surface area (TPSA) is 77.8 Å². The number of carbonyl (C=O) groups excluding carboxylic acids is 1. The van der Waals surface area contributed by atoms with Crippen molar-refractivity contribution in [1.29, 1.82) is 0 Å². The van der Waals surface area contributed by atoms with Gasteiger partial charge in [0.2, 0.25) is 0 Å². The maximum atomic E-state index is 10.9. The normalized spacial score (nSPS) is 20.5. The van der Waals surface area contributed by atoms with Crippen LogP contribution in [0.25, 0.3) is 0 Å². The first-order chi connectivity index (χ1) is 5.86. The molecule has 0 rings (SSSR count). The molecule has 13 heavy (non-hydrogen) atoms. The van der Waals surface area contributed by atoms with Crippen LogP contribution in [0.15, 0.2) is 0 Å². The molecule has 3 N–H and O–H groups in total. The number of ketones is 1. The molecule has 0 aliphatic carbocycles. The summed E-state index contributed by atoms with van der Waals surface area (Å²) in [5.41, 5.74) is -1.12. The van der Waals surface area contributed by atoms with E-state index in [1.165, 1.54) is 20.8 Å². The summed E-state index contributed by atoms with van der Waals surface area (Å²) in [5, 5.41) is 27.9. The lowest BCUT2D eigenvalue weighted by Gasteiger charge is -2.36. The highest BCUT2D eigenvalue weighted by Gasteiger charge is 2.40. The van der Waals surface area contributed by atoms with Gasteiger partial charge in [-0.25, -0.2) is 0 Å². The second-order valence-electron chi connectivity index (χ2n) is 3.62. The van der Waals surface area contributed by atoms with Crippen molar-refractivity contribution in [2.45, 2.75) is 39.4 Å². The van der Waals surface area contributed by atoms with Crippen molar-refractivity contribution in [3.05, 3.63) is 0 Å². The van der Waals surface area contributed by atoms with E-state index in [1.54, 1.807) is 0 Å². The molecule has 0 aliphatic heterocycles. The van der Waals surface area contributed by atoms with Crippen molar-refractivity contribution in [1.82, 2.24) is 0 Å². The lowest BCUT2D eigenvalue weighted by atomic mass is 9.75. The Balaban J connectivity index is 4.75. The van der Waals surface area contributed by atoms with Crippen molar-refractivity contribution in [2.75, 3.05) is 6.61 Å². The predicted molar refractivity (Wildman–Crippen MR) is 48.2 cm³/mol. The Labute approximate surface area is 78.2 Å². The Morgan fingerprint density at radius 2 is 1.69 bits per heavy atom. The van der Waals surface area contributed by atoms with Gasteiger partial charge in [0.15, 0.2) is 0 Å². The van der Waals surface area contributed by atoms with Gasteiger partial charge in [0.25, 0.3) is 0 Å². The van der Waals surface area contributed by atoms with Gasteiger partial charge in [-0.15, -0.1) is 0 Å². The molecule has 0 aromatic carbocycles. The minimum atomic E-state index is -1.12. The molecule has 0 aromatic heterocycles. The quantitative estimate of drug-likeness (QED) is 0.556. The van der Waals surface area contributed by atoms with Crippen LogP contribution in [0.3, 0.4) is 0 Å². The van der Waals surface area contributed by atoms with Crippen molar-refractivity contribution in [3.63, 3.8) is 0 Å². The Morgan fingerprint density at radius 3 is 1.77 bits per heavy atom. The van der Waals surface area contributed by atoms with Crippen LogP contribution in [0, 0.1) is 5.41 Å². The second-order valence-corrected chi connectivity index (χ2v) is 3.62. The summed E-state index contributed by atoms with van der Waals surface area (Å²) in [5.74, 6) is -0.157. The molecule has 0 bridgehead atoms. The van der Waals surface area contributed by atoms with Crippen molar-refractivity contribution in [3.8, 4) is 0 Å². The monoisotopic (exact) mass is 190 g/mol. The number of hydrogen-bond donors (Lipinski definition) is 3. The van der Waals surface area contributed by atoms with Crippen LogP contribution in [0.2, 0.25) is 0 Å². The summed E-state index contributed by atoms with van der Waals surface area (Å²) < 4.78 is 0. The van der Waals surface area contributed by atoms with Crippen molar-refractivity contribution < 1.29 is 20.1 Å². The molecule has 2 unspecified atom stereocenters. The third-order valence-electron chi connectivity index (χ3n) is 2.54. The van der Waals surface area contributed by atoms with Crippen LogP contribution in [0.1, 0.15) is 27.2 Å². The van der Waals surface area contributed by atoms with Gasteiger partial charge in [-0.1, -0.05) is 0 Å². The third kappa shape index (κ3) is 2.76. The zero-order valence-electron chi connectivity index (χ0n) is 8.32. The zero-order chi connectivity index (χ0) is 10.6. The van der Waals surface area contributed by atoms with E-state index >= 15 is 0 Å². The standard InChI is InChI=1S/C9H18O4/c1-6(11)4-9(5-10,7(2)12)8(3)13/h7-8,10,12-13H,4-5H2,1-3H3. The molecule has 0 fully saturated rings. The van der Waals surface area contributed by atoms with Crippen molar-refractivity contribution >= 4 is 5.78 Å². The molecule has 2 atom stereocenters. The number of rotatable bonds is 5. The molecule has 0 radical (unpaired) electrons. The highest BCUT2D eigenvalue weighted by atomic mass is 16.3.